The van der Waals surface area contributed by atoms with E-state index in [4.69, 9.17) is 4.52 Å². The predicted molar refractivity (Wildman–Crippen MR) is 105 cm³/mol. The van der Waals surface area contributed by atoms with Crippen molar-refractivity contribution in [1.82, 2.24) is 20.5 Å². The molecule has 2 amide bonds. The first-order valence-corrected chi connectivity index (χ1v) is 9.20. The summed E-state index contributed by atoms with van der Waals surface area (Å²) in [4.78, 5) is 16.4. The number of pyridine rings is 1. The van der Waals surface area contributed by atoms with E-state index in [0.717, 1.165) is 23.3 Å². The molecule has 0 fully saturated rings. The number of carbonyl (C=O) groups is 1. The summed E-state index contributed by atoms with van der Waals surface area (Å²) in [6.45, 7) is 0.273. The van der Waals surface area contributed by atoms with Gasteiger partial charge >= 0.3 is 18.1 Å². The molecule has 3 heterocycles. The van der Waals surface area contributed by atoms with Crippen molar-refractivity contribution in [1.29, 1.82) is 0 Å². The summed E-state index contributed by atoms with van der Waals surface area (Å²) in [5, 5.41) is 16.0. The summed E-state index contributed by atoms with van der Waals surface area (Å²) >= 11 is 0. The summed E-state index contributed by atoms with van der Waals surface area (Å²) in [5.41, 5.74) is 1.56. The molecule has 9 nitrogen and oxygen atoms in total. The maximum Gasteiger partial charge on any atom is 0.416 e. The second-order valence-electron chi connectivity index (χ2n) is 6.59. The number of halogens is 3. The van der Waals surface area contributed by atoms with Crippen molar-refractivity contribution in [3.05, 3.63) is 78.5 Å². The molecule has 32 heavy (non-hydrogen) atoms. The van der Waals surface area contributed by atoms with Gasteiger partial charge in [0.15, 0.2) is 0 Å². The Hall–Kier alpha value is -4.35. The van der Waals surface area contributed by atoms with E-state index in [9.17, 15) is 18.0 Å². The second kappa shape index (κ2) is 8.79. The fraction of sp³-hybridized carbons (Fsp3) is 0.100. The monoisotopic (exact) mass is 442 g/mol. The molecule has 3 aromatic heterocycles. The molecule has 4 aromatic rings. The number of rotatable bonds is 5. The zero-order valence-electron chi connectivity index (χ0n) is 16.2. The van der Waals surface area contributed by atoms with Crippen molar-refractivity contribution in [3.8, 4) is 11.1 Å². The van der Waals surface area contributed by atoms with Gasteiger partial charge in [-0.1, -0.05) is 12.1 Å². The van der Waals surface area contributed by atoms with E-state index < -0.39 is 17.8 Å². The topological polar surface area (TPSA) is 110 Å². The zero-order valence-corrected chi connectivity index (χ0v) is 16.2. The average molecular weight is 442 g/mol. The molecule has 162 valence electrons. The van der Waals surface area contributed by atoms with Gasteiger partial charge in [0.2, 0.25) is 11.8 Å². The fourth-order valence-corrected chi connectivity index (χ4v) is 2.77. The van der Waals surface area contributed by atoms with Gasteiger partial charge in [-0.2, -0.15) is 23.4 Å². The Morgan fingerprint density at radius 3 is 2.59 bits per heavy atom. The summed E-state index contributed by atoms with van der Waals surface area (Å²) < 4.78 is 44.8. The number of nitrogens with zero attached hydrogens (tertiary/aromatic N) is 5. The van der Waals surface area contributed by atoms with Gasteiger partial charge < -0.3 is 5.32 Å². The number of aromatic nitrogens is 5. The number of nitrogens with one attached hydrogen (secondary N) is 2. The van der Waals surface area contributed by atoms with Crippen LogP contribution in [0.5, 0.6) is 0 Å². The van der Waals surface area contributed by atoms with E-state index in [2.05, 4.69) is 31.1 Å². The van der Waals surface area contributed by atoms with Crippen LogP contribution in [0.2, 0.25) is 0 Å². The van der Waals surface area contributed by atoms with Crippen LogP contribution in [0.1, 0.15) is 11.3 Å². The Labute approximate surface area is 178 Å². The molecular weight excluding hydrogens is 427 g/mol. The fourth-order valence-electron chi connectivity index (χ4n) is 2.77. The van der Waals surface area contributed by atoms with Gasteiger partial charge in [-0.25, -0.2) is 4.79 Å². The van der Waals surface area contributed by atoms with Crippen LogP contribution in [-0.2, 0) is 12.7 Å². The summed E-state index contributed by atoms with van der Waals surface area (Å²) in [6, 6.07) is 9.01. The molecule has 2 N–H and O–H groups in total. The highest BCUT2D eigenvalue weighted by Crippen LogP contribution is 2.30. The van der Waals surface area contributed by atoms with E-state index in [0.29, 0.717) is 5.69 Å². The molecule has 0 spiro atoms. The van der Waals surface area contributed by atoms with Gasteiger partial charge in [-0.15, -0.1) is 0 Å². The highest BCUT2D eigenvalue weighted by atomic mass is 19.4. The Balaban J connectivity index is 1.35. The first-order chi connectivity index (χ1) is 15.4. The third-order valence-corrected chi connectivity index (χ3v) is 4.26. The van der Waals surface area contributed by atoms with Crippen molar-refractivity contribution >= 4 is 17.6 Å². The van der Waals surface area contributed by atoms with Gasteiger partial charge in [-0.3, -0.25) is 14.8 Å². The summed E-state index contributed by atoms with van der Waals surface area (Å²) in [7, 11) is 0. The van der Waals surface area contributed by atoms with E-state index in [-0.39, 0.29) is 18.1 Å². The Kier molecular flexibility index (Phi) is 5.75. The van der Waals surface area contributed by atoms with Crippen LogP contribution in [0.15, 0.2) is 71.8 Å². The number of alkyl halides is 3. The molecular formula is C20H15F3N7O2+. The molecule has 0 aliphatic carbocycles. The smallest absolute Gasteiger partial charge is 0.308 e. The minimum absolute atomic E-state index is 0.00829. The minimum Gasteiger partial charge on any atom is -0.308 e. The number of amides is 2. The Morgan fingerprint density at radius 2 is 1.88 bits per heavy atom. The Morgan fingerprint density at radius 1 is 1.03 bits per heavy atom. The number of urea groups is 1. The number of hydrogen-bond acceptors (Lipinski definition) is 6. The molecule has 0 unspecified atom stereocenters. The third kappa shape index (κ3) is 5.22. The molecule has 1 aromatic carbocycles. The first-order valence-electron chi connectivity index (χ1n) is 9.20. The Bertz CT molecular complexity index is 1210. The zero-order chi connectivity index (χ0) is 22.6. The predicted octanol–water partition coefficient (Wildman–Crippen LogP) is 3.53. The van der Waals surface area contributed by atoms with Gasteiger partial charge in [0.25, 0.3) is 6.20 Å². The van der Waals surface area contributed by atoms with E-state index in [1.54, 1.807) is 18.6 Å². The van der Waals surface area contributed by atoms with Crippen LogP contribution in [0.3, 0.4) is 0 Å². The van der Waals surface area contributed by atoms with E-state index >= 15 is 0 Å². The molecule has 0 saturated heterocycles. The van der Waals surface area contributed by atoms with Crippen molar-refractivity contribution in [2.75, 3.05) is 10.6 Å². The number of hydrogen-bond donors (Lipinski definition) is 2. The van der Waals surface area contributed by atoms with E-state index in [1.807, 2.05) is 18.2 Å². The highest BCUT2D eigenvalue weighted by molar-refractivity contribution is 5.98. The molecule has 0 aliphatic heterocycles. The van der Waals surface area contributed by atoms with Gasteiger partial charge in [0.05, 0.1) is 18.0 Å². The lowest BCUT2D eigenvalue weighted by molar-refractivity contribution is -0.755. The maximum atomic E-state index is 12.8. The largest absolute Gasteiger partial charge is 0.416 e. The van der Waals surface area contributed by atoms with Gasteiger partial charge in [-0.05, 0) is 35.0 Å². The standard InChI is InChI=1S/C20H14F3N7O2/c21-20(22,23)15-2-1-3-16(8-15)27-19(31)28-18-12-30(29-32-18)11-17-5-4-13(9-24-17)14-6-7-25-26-10-14/h1-10,12H,11H2,(H-,27,28,29,31)/p+1. The molecule has 0 atom stereocenters. The first kappa shape index (κ1) is 20.9. The van der Waals surface area contributed by atoms with E-state index in [1.165, 1.54) is 23.0 Å². The molecule has 4 rings (SSSR count). The van der Waals surface area contributed by atoms with Crippen LogP contribution in [-0.4, -0.2) is 26.5 Å². The van der Waals surface area contributed by atoms with Crippen LogP contribution < -0.4 is 15.3 Å². The average Bonchev–Trinajstić information content (AvgIpc) is 3.21. The van der Waals surface area contributed by atoms with Crippen molar-refractivity contribution in [2.24, 2.45) is 0 Å². The number of carbonyl (C=O) groups excluding carboxylic acids is 1. The minimum atomic E-state index is -4.51. The second-order valence-corrected chi connectivity index (χ2v) is 6.59. The van der Waals surface area contributed by atoms with Crippen molar-refractivity contribution < 1.29 is 27.2 Å². The van der Waals surface area contributed by atoms with Crippen molar-refractivity contribution in [3.63, 3.8) is 0 Å². The summed E-state index contributed by atoms with van der Waals surface area (Å²) in [6.07, 6.45) is 1.83. The molecule has 0 radical (unpaired) electrons. The van der Waals surface area contributed by atoms with Crippen LogP contribution in [0, 0.1) is 0 Å². The lowest BCUT2D eigenvalue weighted by Gasteiger charge is -2.09. The maximum absolute atomic E-state index is 12.8. The van der Waals surface area contributed by atoms with Gasteiger partial charge in [0.1, 0.15) is 5.69 Å². The normalized spacial score (nSPS) is 11.2. The molecule has 12 heteroatoms. The molecule has 0 bridgehead atoms. The number of anilines is 2. The van der Waals surface area contributed by atoms with Crippen LogP contribution in [0.4, 0.5) is 29.5 Å². The van der Waals surface area contributed by atoms with Gasteiger partial charge in [0, 0.05) is 23.0 Å². The third-order valence-electron chi connectivity index (χ3n) is 4.26. The van der Waals surface area contributed by atoms with Crippen LogP contribution in [0.25, 0.3) is 11.1 Å². The summed E-state index contributed by atoms with van der Waals surface area (Å²) in [5.74, 6) is 0.00829. The SMILES string of the molecule is O=C(Nc1cccc(C(F)(F)F)c1)Nc1c[n+](Cc2ccc(-c3ccnnc3)cn2)no1. The lowest BCUT2D eigenvalue weighted by atomic mass is 10.1. The lowest BCUT2D eigenvalue weighted by Crippen LogP contribution is -2.35. The number of benzene rings is 1. The quantitative estimate of drug-likeness (QED) is 0.458. The van der Waals surface area contributed by atoms with Crippen molar-refractivity contribution in [2.45, 2.75) is 12.7 Å². The molecule has 0 saturated carbocycles. The molecule has 0 aliphatic rings. The highest BCUT2D eigenvalue weighted by Gasteiger charge is 2.30. The van der Waals surface area contributed by atoms with Crippen LogP contribution >= 0.6 is 0 Å².